The number of fused-ring (bicyclic) bond motifs is 2. The standard InChI is InChI=1S/C20H26N4O3/c1-3-4-5-8-12-27-20(25)16-17-19(24(18(16)21)11-13-26-2)23-15-10-7-6-9-14(15)22-17/h6-7,9-10H,3-5,8,11-13,21H2,1-2H3. The lowest BCUT2D eigenvalue weighted by Gasteiger charge is -2.07. The Morgan fingerprint density at radius 2 is 1.85 bits per heavy atom. The highest BCUT2D eigenvalue weighted by molar-refractivity contribution is 6.08. The summed E-state index contributed by atoms with van der Waals surface area (Å²) in [7, 11) is 1.62. The van der Waals surface area contributed by atoms with E-state index in [0.717, 1.165) is 31.2 Å². The number of esters is 1. The van der Waals surface area contributed by atoms with E-state index in [2.05, 4.69) is 16.9 Å². The highest BCUT2D eigenvalue weighted by Gasteiger charge is 2.24. The molecule has 7 nitrogen and oxygen atoms in total. The van der Waals surface area contributed by atoms with Crippen LogP contribution in [0.15, 0.2) is 24.3 Å². The van der Waals surface area contributed by atoms with E-state index in [1.165, 1.54) is 0 Å². The molecule has 0 amide bonds. The topological polar surface area (TPSA) is 92.3 Å². The van der Waals surface area contributed by atoms with Gasteiger partial charge >= 0.3 is 5.97 Å². The molecule has 0 aliphatic heterocycles. The van der Waals surface area contributed by atoms with Gasteiger partial charge in [0.15, 0.2) is 5.65 Å². The summed E-state index contributed by atoms with van der Waals surface area (Å²) in [4.78, 5) is 22.0. The zero-order chi connectivity index (χ0) is 19.2. The molecule has 1 aromatic carbocycles. The minimum Gasteiger partial charge on any atom is -0.462 e. The highest BCUT2D eigenvalue weighted by atomic mass is 16.5. The first-order chi connectivity index (χ1) is 13.2. The Bertz CT molecular complexity index is 936. The maximum Gasteiger partial charge on any atom is 0.344 e. The average molecular weight is 370 g/mol. The van der Waals surface area contributed by atoms with E-state index < -0.39 is 5.97 Å². The number of nitrogens with zero attached hydrogens (tertiary/aromatic N) is 3. The molecule has 0 aliphatic carbocycles. The van der Waals surface area contributed by atoms with Gasteiger partial charge in [-0.05, 0) is 18.6 Å². The number of rotatable bonds is 9. The fraction of sp³-hybridized carbons (Fsp3) is 0.450. The summed E-state index contributed by atoms with van der Waals surface area (Å²) in [6.07, 6.45) is 4.15. The van der Waals surface area contributed by atoms with Gasteiger partial charge in [0.2, 0.25) is 0 Å². The van der Waals surface area contributed by atoms with Crippen LogP contribution in [0.3, 0.4) is 0 Å². The van der Waals surface area contributed by atoms with Crippen molar-refractivity contribution in [3.05, 3.63) is 29.8 Å². The van der Waals surface area contributed by atoms with Crippen molar-refractivity contribution < 1.29 is 14.3 Å². The molecular weight excluding hydrogens is 344 g/mol. The number of anilines is 1. The molecule has 0 aliphatic rings. The molecule has 2 N–H and O–H groups in total. The second-order valence-electron chi connectivity index (χ2n) is 6.49. The maximum absolute atomic E-state index is 12.7. The van der Waals surface area contributed by atoms with Crippen LogP contribution in [0.1, 0.15) is 43.0 Å². The molecule has 3 aromatic rings. The van der Waals surface area contributed by atoms with Gasteiger partial charge in [-0.3, -0.25) is 0 Å². The van der Waals surface area contributed by atoms with Crippen LogP contribution < -0.4 is 5.73 Å². The first kappa shape index (κ1) is 19.1. The Labute approximate surface area is 158 Å². The lowest BCUT2D eigenvalue weighted by molar-refractivity contribution is 0.0501. The molecule has 7 heteroatoms. The third kappa shape index (κ3) is 4.03. The van der Waals surface area contributed by atoms with Gasteiger partial charge in [-0.1, -0.05) is 38.3 Å². The average Bonchev–Trinajstić information content (AvgIpc) is 2.94. The van der Waals surface area contributed by atoms with Crippen LogP contribution in [0.2, 0.25) is 0 Å². The Kier molecular flexibility index (Phi) is 6.24. The summed E-state index contributed by atoms with van der Waals surface area (Å²) in [5, 5.41) is 0. The van der Waals surface area contributed by atoms with E-state index in [1.807, 2.05) is 24.3 Å². The normalized spacial score (nSPS) is 11.3. The van der Waals surface area contributed by atoms with Crippen molar-refractivity contribution in [1.29, 1.82) is 0 Å². The van der Waals surface area contributed by atoms with Gasteiger partial charge in [0.25, 0.3) is 0 Å². The van der Waals surface area contributed by atoms with Crippen LogP contribution in [-0.2, 0) is 16.0 Å². The molecule has 0 saturated heterocycles. The predicted molar refractivity (Wildman–Crippen MR) is 106 cm³/mol. The SMILES string of the molecule is CCCCCCOC(=O)c1c(N)n(CCOC)c2nc3ccccc3nc12. The van der Waals surface area contributed by atoms with E-state index in [1.54, 1.807) is 11.7 Å². The van der Waals surface area contributed by atoms with Crippen molar-refractivity contribution >= 4 is 34.0 Å². The fourth-order valence-corrected chi connectivity index (χ4v) is 3.09. The van der Waals surface area contributed by atoms with Crippen molar-refractivity contribution in [2.75, 3.05) is 26.1 Å². The van der Waals surface area contributed by atoms with E-state index >= 15 is 0 Å². The number of unbranched alkanes of at least 4 members (excludes halogenated alkanes) is 3. The lowest BCUT2D eigenvalue weighted by atomic mass is 10.2. The molecule has 0 spiro atoms. The number of aromatic nitrogens is 3. The number of carbonyl (C=O) groups excluding carboxylic acids is 1. The molecular formula is C20H26N4O3. The van der Waals surface area contributed by atoms with Crippen LogP contribution in [0, 0.1) is 0 Å². The number of hydrogen-bond donors (Lipinski definition) is 1. The number of benzene rings is 1. The Morgan fingerprint density at radius 1 is 1.11 bits per heavy atom. The number of nitrogens with two attached hydrogens (primary N) is 1. The van der Waals surface area contributed by atoms with Crippen LogP contribution in [-0.4, -0.2) is 40.8 Å². The van der Waals surface area contributed by atoms with Crippen LogP contribution in [0.4, 0.5) is 5.82 Å². The van der Waals surface area contributed by atoms with Crippen LogP contribution in [0.25, 0.3) is 22.2 Å². The van der Waals surface area contributed by atoms with E-state index in [4.69, 9.17) is 15.2 Å². The summed E-state index contributed by atoms with van der Waals surface area (Å²) in [5.74, 6) is -0.134. The van der Waals surface area contributed by atoms with E-state index in [-0.39, 0.29) is 5.56 Å². The van der Waals surface area contributed by atoms with Gasteiger partial charge in [-0.25, -0.2) is 14.8 Å². The second kappa shape index (κ2) is 8.81. The molecule has 2 heterocycles. The summed E-state index contributed by atoms with van der Waals surface area (Å²) in [5.41, 5.74) is 9.09. The van der Waals surface area contributed by atoms with Crippen molar-refractivity contribution in [1.82, 2.24) is 14.5 Å². The summed E-state index contributed by atoms with van der Waals surface area (Å²) >= 11 is 0. The first-order valence-electron chi connectivity index (χ1n) is 9.37. The minimum absolute atomic E-state index is 0.287. The Morgan fingerprint density at radius 3 is 2.56 bits per heavy atom. The van der Waals surface area contributed by atoms with E-state index in [9.17, 15) is 4.79 Å². The zero-order valence-electron chi connectivity index (χ0n) is 15.9. The molecule has 144 valence electrons. The number of nitrogen functional groups attached to an aromatic ring is 1. The second-order valence-corrected chi connectivity index (χ2v) is 6.49. The first-order valence-corrected chi connectivity index (χ1v) is 9.37. The Hall–Kier alpha value is -2.67. The van der Waals surface area contributed by atoms with Gasteiger partial charge in [-0.2, -0.15) is 0 Å². The van der Waals surface area contributed by atoms with Crippen molar-refractivity contribution in [3.8, 4) is 0 Å². The van der Waals surface area contributed by atoms with Gasteiger partial charge in [-0.15, -0.1) is 0 Å². The largest absolute Gasteiger partial charge is 0.462 e. The van der Waals surface area contributed by atoms with Gasteiger partial charge in [0.05, 0.1) is 24.2 Å². The summed E-state index contributed by atoms with van der Waals surface area (Å²) in [6, 6.07) is 7.54. The Balaban J connectivity index is 1.98. The highest BCUT2D eigenvalue weighted by Crippen LogP contribution is 2.28. The van der Waals surface area contributed by atoms with Crippen LogP contribution in [0.5, 0.6) is 0 Å². The van der Waals surface area contributed by atoms with Crippen molar-refractivity contribution in [3.63, 3.8) is 0 Å². The fourth-order valence-electron chi connectivity index (χ4n) is 3.09. The van der Waals surface area contributed by atoms with Crippen molar-refractivity contribution in [2.24, 2.45) is 0 Å². The van der Waals surface area contributed by atoms with Gasteiger partial charge < -0.3 is 19.8 Å². The molecule has 0 saturated carbocycles. The van der Waals surface area contributed by atoms with Gasteiger partial charge in [0.1, 0.15) is 16.9 Å². The van der Waals surface area contributed by atoms with E-state index in [0.29, 0.717) is 42.3 Å². The lowest BCUT2D eigenvalue weighted by Crippen LogP contribution is -2.12. The molecule has 3 rings (SSSR count). The third-order valence-electron chi connectivity index (χ3n) is 4.55. The molecule has 27 heavy (non-hydrogen) atoms. The zero-order valence-corrected chi connectivity index (χ0v) is 15.9. The number of para-hydroxylation sites is 2. The number of hydrogen-bond acceptors (Lipinski definition) is 6. The van der Waals surface area contributed by atoms with Crippen molar-refractivity contribution in [2.45, 2.75) is 39.2 Å². The van der Waals surface area contributed by atoms with Crippen LogP contribution >= 0.6 is 0 Å². The summed E-state index contributed by atoms with van der Waals surface area (Å²) in [6.45, 7) is 3.46. The predicted octanol–water partition coefficient (Wildman–Crippen LogP) is 3.55. The molecule has 0 unspecified atom stereocenters. The molecule has 0 radical (unpaired) electrons. The number of methoxy groups -OCH3 is 1. The molecule has 2 aromatic heterocycles. The maximum atomic E-state index is 12.7. The third-order valence-corrected chi connectivity index (χ3v) is 4.55. The molecule has 0 bridgehead atoms. The van der Waals surface area contributed by atoms with Gasteiger partial charge in [0, 0.05) is 13.7 Å². The minimum atomic E-state index is -0.449. The molecule has 0 fully saturated rings. The monoisotopic (exact) mass is 370 g/mol. The molecule has 0 atom stereocenters. The number of carbonyl (C=O) groups is 1. The summed E-state index contributed by atoms with van der Waals surface area (Å²) < 4.78 is 12.4. The number of ether oxygens (including phenoxy) is 2. The smallest absolute Gasteiger partial charge is 0.344 e. The quantitative estimate of drug-likeness (QED) is 0.457.